The summed E-state index contributed by atoms with van der Waals surface area (Å²) < 4.78 is 0. The van der Waals surface area contributed by atoms with Gasteiger partial charge in [-0.1, -0.05) is 30.3 Å². The Bertz CT molecular complexity index is 817. The average molecular weight is 323 g/mol. The Labute approximate surface area is 139 Å². The zero-order valence-corrected chi connectivity index (χ0v) is 13.4. The molecule has 0 amide bonds. The van der Waals surface area contributed by atoms with Gasteiger partial charge in [0.2, 0.25) is 0 Å². The molecule has 0 N–H and O–H groups in total. The minimum Gasteiger partial charge on any atom is -0.299 e. The van der Waals surface area contributed by atoms with Crippen LogP contribution in [0.1, 0.15) is 25.5 Å². The predicted molar refractivity (Wildman–Crippen MR) is 92.0 cm³/mol. The minimum absolute atomic E-state index is 0.000388. The summed E-state index contributed by atoms with van der Waals surface area (Å²) in [5.74, 6) is -0.566. The van der Waals surface area contributed by atoms with E-state index in [1.807, 2.05) is 30.3 Å². The summed E-state index contributed by atoms with van der Waals surface area (Å²) in [6.45, 7) is 3.29. The van der Waals surface area contributed by atoms with Gasteiger partial charge in [-0.05, 0) is 32.0 Å². The van der Waals surface area contributed by atoms with Gasteiger partial charge in [0.25, 0.3) is 5.69 Å². The second-order valence-electron chi connectivity index (χ2n) is 5.77. The first-order valence-corrected chi connectivity index (χ1v) is 7.64. The molecule has 1 heterocycles. The van der Waals surface area contributed by atoms with Crippen molar-refractivity contribution in [3.63, 3.8) is 0 Å². The third kappa shape index (κ3) is 2.67. The van der Waals surface area contributed by atoms with Crippen molar-refractivity contribution in [3.05, 3.63) is 70.3 Å². The van der Waals surface area contributed by atoms with E-state index in [2.05, 4.69) is 5.10 Å². The lowest BCUT2D eigenvalue weighted by Gasteiger charge is -2.27. The topological polar surface area (TPSA) is 75.8 Å². The Morgan fingerprint density at radius 2 is 1.75 bits per heavy atom. The SMILES string of the molecule is CC(=O)[C@H]1C(C)=NN(c2ccccc2)[C@H]1c1ccccc1[N+](=O)[O-]. The number of ketones is 1. The monoisotopic (exact) mass is 323 g/mol. The van der Waals surface area contributed by atoms with E-state index in [0.29, 0.717) is 11.3 Å². The fraction of sp³-hybridized carbons (Fsp3) is 0.222. The number of para-hydroxylation sites is 2. The normalized spacial score (nSPS) is 19.9. The molecule has 6 heteroatoms. The van der Waals surface area contributed by atoms with Crippen molar-refractivity contribution in [2.45, 2.75) is 19.9 Å². The van der Waals surface area contributed by atoms with Crippen molar-refractivity contribution in [3.8, 4) is 0 Å². The number of anilines is 1. The van der Waals surface area contributed by atoms with E-state index >= 15 is 0 Å². The van der Waals surface area contributed by atoms with Gasteiger partial charge in [0.15, 0.2) is 0 Å². The van der Waals surface area contributed by atoms with E-state index in [9.17, 15) is 14.9 Å². The van der Waals surface area contributed by atoms with Gasteiger partial charge in [0.1, 0.15) is 5.78 Å². The first-order valence-electron chi connectivity index (χ1n) is 7.64. The van der Waals surface area contributed by atoms with Crippen molar-refractivity contribution < 1.29 is 9.72 Å². The summed E-state index contributed by atoms with van der Waals surface area (Å²) in [6, 6.07) is 15.4. The highest BCUT2D eigenvalue weighted by Gasteiger charge is 2.42. The Kier molecular flexibility index (Phi) is 4.12. The van der Waals surface area contributed by atoms with Crippen LogP contribution in [0.4, 0.5) is 11.4 Å². The van der Waals surface area contributed by atoms with Crippen LogP contribution in [0.2, 0.25) is 0 Å². The highest BCUT2D eigenvalue weighted by Crippen LogP contribution is 2.42. The third-order valence-electron chi connectivity index (χ3n) is 4.21. The molecule has 3 rings (SSSR count). The Morgan fingerprint density at radius 3 is 2.38 bits per heavy atom. The highest BCUT2D eigenvalue weighted by molar-refractivity contribution is 6.06. The van der Waals surface area contributed by atoms with Crippen molar-refractivity contribution in [2.24, 2.45) is 11.0 Å². The molecule has 2 aromatic carbocycles. The molecular weight excluding hydrogens is 306 g/mol. The van der Waals surface area contributed by atoms with Crippen molar-refractivity contribution in [1.29, 1.82) is 0 Å². The number of nitro benzene ring substituents is 1. The van der Waals surface area contributed by atoms with Crippen LogP contribution in [-0.4, -0.2) is 16.4 Å². The molecule has 0 saturated carbocycles. The molecule has 0 spiro atoms. The summed E-state index contributed by atoms with van der Waals surface area (Å²) in [4.78, 5) is 23.3. The van der Waals surface area contributed by atoms with Crippen LogP contribution < -0.4 is 5.01 Å². The summed E-state index contributed by atoms with van der Waals surface area (Å²) in [7, 11) is 0. The lowest BCUT2D eigenvalue weighted by Crippen LogP contribution is -2.30. The summed E-state index contributed by atoms with van der Waals surface area (Å²) in [6.07, 6.45) is 0. The number of carbonyl (C=O) groups excluding carboxylic acids is 1. The van der Waals surface area contributed by atoms with Crippen LogP contribution in [0.15, 0.2) is 59.7 Å². The Balaban J connectivity index is 2.17. The van der Waals surface area contributed by atoms with E-state index < -0.39 is 16.9 Å². The predicted octanol–water partition coefficient (Wildman–Crippen LogP) is 3.74. The third-order valence-corrected chi connectivity index (χ3v) is 4.21. The number of carbonyl (C=O) groups is 1. The summed E-state index contributed by atoms with van der Waals surface area (Å²) >= 11 is 0. The quantitative estimate of drug-likeness (QED) is 0.634. The molecular formula is C18H17N3O3. The zero-order valence-electron chi connectivity index (χ0n) is 13.4. The number of hydrogen-bond donors (Lipinski definition) is 0. The number of hydrazone groups is 1. The molecule has 24 heavy (non-hydrogen) atoms. The van der Waals surface area contributed by atoms with E-state index in [0.717, 1.165) is 5.69 Å². The van der Waals surface area contributed by atoms with Crippen molar-refractivity contribution in [1.82, 2.24) is 0 Å². The van der Waals surface area contributed by atoms with E-state index in [1.165, 1.54) is 13.0 Å². The molecule has 1 aliphatic heterocycles. The smallest absolute Gasteiger partial charge is 0.274 e. The number of hydrogen-bond acceptors (Lipinski definition) is 5. The largest absolute Gasteiger partial charge is 0.299 e. The standard InChI is InChI=1S/C18H17N3O3/c1-12-17(13(2)22)18(15-10-6-7-11-16(15)21(23)24)20(19-12)14-8-4-3-5-9-14/h3-11,17-18H,1-2H3/t17-,18+/m1/s1. The number of rotatable bonds is 4. The first kappa shape index (κ1) is 15.9. The molecule has 122 valence electrons. The highest BCUT2D eigenvalue weighted by atomic mass is 16.6. The minimum atomic E-state index is -0.522. The van der Waals surface area contributed by atoms with Crippen LogP contribution in [-0.2, 0) is 4.79 Å². The maximum Gasteiger partial charge on any atom is 0.274 e. The second kappa shape index (κ2) is 6.23. The van der Waals surface area contributed by atoms with Gasteiger partial charge < -0.3 is 0 Å². The van der Waals surface area contributed by atoms with E-state index in [-0.39, 0.29) is 11.5 Å². The number of Topliss-reactive ketones (excluding diaryl/α,β-unsaturated/α-hetero) is 1. The van der Waals surface area contributed by atoms with Gasteiger partial charge in [-0.3, -0.25) is 19.9 Å². The van der Waals surface area contributed by atoms with Gasteiger partial charge in [0, 0.05) is 11.8 Å². The van der Waals surface area contributed by atoms with Crippen LogP contribution in [0.25, 0.3) is 0 Å². The molecule has 0 unspecified atom stereocenters. The molecule has 0 aliphatic carbocycles. The molecule has 0 bridgehead atoms. The van der Waals surface area contributed by atoms with Crippen molar-refractivity contribution >= 4 is 22.9 Å². The molecule has 6 nitrogen and oxygen atoms in total. The maximum absolute atomic E-state index is 12.2. The molecule has 0 saturated heterocycles. The Morgan fingerprint density at radius 1 is 1.12 bits per heavy atom. The Hall–Kier alpha value is -3.02. The number of nitrogens with zero attached hydrogens (tertiary/aromatic N) is 3. The lowest BCUT2D eigenvalue weighted by atomic mass is 9.86. The van der Waals surface area contributed by atoms with Gasteiger partial charge in [-0.2, -0.15) is 5.10 Å². The molecule has 0 radical (unpaired) electrons. The fourth-order valence-corrected chi connectivity index (χ4v) is 3.19. The molecule has 0 aromatic heterocycles. The molecule has 0 fully saturated rings. The molecule has 2 aromatic rings. The van der Waals surface area contributed by atoms with Crippen molar-refractivity contribution in [2.75, 3.05) is 5.01 Å². The van der Waals surface area contributed by atoms with Crippen LogP contribution >= 0.6 is 0 Å². The van der Waals surface area contributed by atoms with Gasteiger partial charge in [0.05, 0.1) is 28.1 Å². The first-order chi connectivity index (χ1) is 11.5. The van der Waals surface area contributed by atoms with Gasteiger partial charge in [-0.25, -0.2) is 0 Å². The van der Waals surface area contributed by atoms with Gasteiger partial charge >= 0.3 is 0 Å². The molecule has 1 aliphatic rings. The summed E-state index contributed by atoms with van der Waals surface area (Å²) in [5, 5.41) is 17.7. The van der Waals surface area contributed by atoms with Crippen LogP contribution in [0.3, 0.4) is 0 Å². The van der Waals surface area contributed by atoms with Crippen LogP contribution in [0.5, 0.6) is 0 Å². The fourth-order valence-electron chi connectivity index (χ4n) is 3.19. The molecule has 2 atom stereocenters. The lowest BCUT2D eigenvalue weighted by molar-refractivity contribution is -0.385. The van der Waals surface area contributed by atoms with E-state index in [4.69, 9.17) is 0 Å². The number of nitro groups is 1. The van der Waals surface area contributed by atoms with Crippen LogP contribution in [0, 0.1) is 16.0 Å². The van der Waals surface area contributed by atoms with E-state index in [1.54, 1.807) is 30.1 Å². The van der Waals surface area contributed by atoms with Gasteiger partial charge in [-0.15, -0.1) is 0 Å². The number of benzene rings is 2. The zero-order chi connectivity index (χ0) is 17.3. The maximum atomic E-state index is 12.2. The second-order valence-corrected chi connectivity index (χ2v) is 5.77. The summed E-state index contributed by atoms with van der Waals surface area (Å²) in [5.41, 5.74) is 1.95. The average Bonchev–Trinajstić information content (AvgIpc) is 2.93.